The standard InChI is InChI=1S/C13H14Cl2N4O/c1-7-12(15)10(19(2)18-7)6-20-11-5-8(14)3-4-9(11)13(16)17/h3-5H,6H2,1-2H3,(H3,16,17). The Kier molecular flexibility index (Phi) is 4.20. The zero-order valence-corrected chi connectivity index (χ0v) is 12.6. The molecule has 0 atom stereocenters. The zero-order chi connectivity index (χ0) is 14.9. The highest BCUT2D eigenvalue weighted by molar-refractivity contribution is 6.32. The number of amidine groups is 1. The minimum absolute atomic E-state index is 0.0797. The molecule has 1 heterocycles. The summed E-state index contributed by atoms with van der Waals surface area (Å²) in [5.74, 6) is 0.365. The van der Waals surface area contributed by atoms with Gasteiger partial charge in [-0.15, -0.1) is 0 Å². The van der Waals surface area contributed by atoms with Gasteiger partial charge in [-0.25, -0.2) is 0 Å². The first-order valence-corrected chi connectivity index (χ1v) is 6.60. The lowest BCUT2D eigenvalue weighted by atomic mass is 10.2. The van der Waals surface area contributed by atoms with Crippen LogP contribution in [0.3, 0.4) is 0 Å². The molecule has 7 heteroatoms. The van der Waals surface area contributed by atoms with Crippen molar-refractivity contribution in [1.82, 2.24) is 9.78 Å². The lowest BCUT2D eigenvalue weighted by Gasteiger charge is -2.11. The minimum atomic E-state index is -0.0797. The van der Waals surface area contributed by atoms with E-state index in [2.05, 4.69) is 5.10 Å². The van der Waals surface area contributed by atoms with E-state index >= 15 is 0 Å². The maximum Gasteiger partial charge on any atom is 0.132 e. The summed E-state index contributed by atoms with van der Waals surface area (Å²) in [5.41, 5.74) is 7.49. The molecule has 0 aliphatic carbocycles. The number of nitrogens with one attached hydrogen (secondary N) is 1. The molecule has 0 aliphatic rings. The number of hydrogen-bond donors (Lipinski definition) is 2. The normalized spacial score (nSPS) is 10.6. The highest BCUT2D eigenvalue weighted by Gasteiger charge is 2.13. The van der Waals surface area contributed by atoms with Crippen molar-refractivity contribution in [2.75, 3.05) is 0 Å². The molecule has 0 unspecified atom stereocenters. The van der Waals surface area contributed by atoms with Gasteiger partial charge in [0.25, 0.3) is 0 Å². The number of hydrogen-bond acceptors (Lipinski definition) is 3. The number of nitrogen functional groups attached to an aromatic ring is 1. The summed E-state index contributed by atoms with van der Waals surface area (Å²) in [4.78, 5) is 0. The second-order valence-corrected chi connectivity index (χ2v) is 5.13. The van der Waals surface area contributed by atoms with E-state index in [1.165, 1.54) is 0 Å². The number of nitrogens with two attached hydrogens (primary N) is 1. The molecule has 0 aliphatic heterocycles. The van der Waals surface area contributed by atoms with Gasteiger partial charge in [0.1, 0.15) is 18.2 Å². The highest BCUT2D eigenvalue weighted by Crippen LogP contribution is 2.26. The van der Waals surface area contributed by atoms with Gasteiger partial charge in [0, 0.05) is 12.1 Å². The van der Waals surface area contributed by atoms with E-state index in [-0.39, 0.29) is 12.4 Å². The van der Waals surface area contributed by atoms with Crippen LogP contribution < -0.4 is 10.5 Å². The van der Waals surface area contributed by atoms with Gasteiger partial charge in [0.15, 0.2) is 0 Å². The van der Waals surface area contributed by atoms with Crippen LogP contribution in [0, 0.1) is 12.3 Å². The fourth-order valence-corrected chi connectivity index (χ4v) is 2.20. The van der Waals surface area contributed by atoms with Crippen LogP contribution in [0.2, 0.25) is 10.0 Å². The molecule has 1 aromatic carbocycles. The van der Waals surface area contributed by atoms with Gasteiger partial charge in [-0.2, -0.15) is 5.10 Å². The molecule has 0 saturated heterocycles. The van der Waals surface area contributed by atoms with Gasteiger partial charge in [-0.05, 0) is 25.1 Å². The molecule has 0 amide bonds. The highest BCUT2D eigenvalue weighted by atomic mass is 35.5. The maximum absolute atomic E-state index is 7.53. The quantitative estimate of drug-likeness (QED) is 0.673. The SMILES string of the molecule is Cc1nn(C)c(COc2cc(Cl)ccc2C(=N)N)c1Cl. The van der Waals surface area contributed by atoms with Crippen molar-refractivity contribution in [2.24, 2.45) is 12.8 Å². The summed E-state index contributed by atoms with van der Waals surface area (Å²) in [6, 6.07) is 4.93. The summed E-state index contributed by atoms with van der Waals surface area (Å²) in [5, 5.41) is 12.8. The van der Waals surface area contributed by atoms with Crippen LogP contribution >= 0.6 is 23.2 Å². The molecule has 0 saturated carbocycles. The average molecular weight is 313 g/mol. The summed E-state index contributed by atoms with van der Waals surface area (Å²) in [6.45, 7) is 2.04. The Hall–Kier alpha value is -1.72. The van der Waals surface area contributed by atoms with Crippen molar-refractivity contribution in [1.29, 1.82) is 5.41 Å². The Morgan fingerprint density at radius 3 is 2.70 bits per heavy atom. The monoisotopic (exact) mass is 312 g/mol. The Labute approximate surface area is 126 Å². The van der Waals surface area contributed by atoms with Gasteiger partial charge in [-0.3, -0.25) is 10.1 Å². The van der Waals surface area contributed by atoms with Crippen LogP contribution in [0.4, 0.5) is 0 Å². The van der Waals surface area contributed by atoms with Gasteiger partial charge in [-0.1, -0.05) is 23.2 Å². The largest absolute Gasteiger partial charge is 0.486 e. The van der Waals surface area contributed by atoms with Crippen molar-refractivity contribution >= 4 is 29.0 Å². The fraction of sp³-hybridized carbons (Fsp3) is 0.231. The molecule has 2 rings (SSSR count). The summed E-state index contributed by atoms with van der Waals surface area (Å²) in [6.07, 6.45) is 0. The Bertz CT molecular complexity index is 667. The van der Waals surface area contributed by atoms with Crippen LogP contribution in [-0.4, -0.2) is 15.6 Å². The fourth-order valence-electron chi connectivity index (χ4n) is 1.82. The number of aryl methyl sites for hydroxylation is 2. The predicted molar refractivity (Wildman–Crippen MR) is 79.8 cm³/mol. The topological polar surface area (TPSA) is 76.9 Å². The second kappa shape index (κ2) is 5.73. The van der Waals surface area contributed by atoms with Crippen molar-refractivity contribution < 1.29 is 4.74 Å². The third-order valence-electron chi connectivity index (χ3n) is 2.86. The molecule has 0 bridgehead atoms. The van der Waals surface area contributed by atoms with Gasteiger partial charge in [0.2, 0.25) is 0 Å². The van der Waals surface area contributed by atoms with E-state index in [0.29, 0.717) is 21.4 Å². The van der Waals surface area contributed by atoms with E-state index in [9.17, 15) is 0 Å². The van der Waals surface area contributed by atoms with Gasteiger partial charge < -0.3 is 10.5 Å². The van der Waals surface area contributed by atoms with Crippen molar-refractivity contribution in [3.05, 3.63) is 45.2 Å². The molecule has 0 spiro atoms. The Morgan fingerprint density at radius 2 is 2.15 bits per heavy atom. The molecular weight excluding hydrogens is 299 g/mol. The molecule has 3 N–H and O–H groups in total. The van der Waals surface area contributed by atoms with E-state index in [4.69, 9.17) is 39.1 Å². The molecule has 106 valence electrons. The second-order valence-electron chi connectivity index (χ2n) is 4.31. The van der Waals surface area contributed by atoms with E-state index < -0.39 is 0 Å². The lowest BCUT2D eigenvalue weighted by Crippen LogP contribution is -2.13. The maximum atomic E-state index is 7.53. The van der Waals surface area contributed by atoms with E-state index in [0.717, 1.165) is 11.4 Å². The Morgan fingerprint density at radius 1 is 1.45 bits per heavy atom. The molecule has 0 fully saturated rings. The number of ether oxygens (including phenoxy) is 1. The Balaban J connectivity index is 2.27. The first-order valence-electron chi connectivity index (χ1n) is 5.85. The van der Waals surface area contributed by atoms with Gasteiger partial charge in [0.05, 0.1) is 22.0 Å². The number of nitrogens with zero attached hydrogens (tertiary/aromatic N) is 2. The summed E-state index contributed by atoms with van der Waals surface area (Å²) in [7, 11) is 1.79. The summed E-state index contributed by atoms with van der Waals surface area (Å²) < 4.78 is 7.35. The molecule has 20 heavy (non-hydrogen) atoms. The van der Waals surface area contributed by atoms with Crippen LogP contribution in [0.1, 0.15) is 17.0 Å². The molecule has 1 aromatic heterocycles. The zero-order valence-electron chi connectivity index (χ0n) is 11.1. The lowest BCUT2D eigenvalue weighted by molar-refractivity contribution is 0.294. The molecule has 2 aromatic rings. The predicted octanol–water partition coefficient (Wildman–Crippen LogP) is 2.90. The van der Waals surface area contributed by atoms with Crippen LogP contribution in [0.25, 0.3) is 0 Å². The number of benzene rings is 1. The van der Waals surface area contributed by atoms with E-state index in [1.54, 1.807) is 29.9 Å². The third-order valence-corrected chi connectivity index (χ3v) is 3.59. The third kappa shape index (κ3) is 2.89. The smallest absolute Gasteiger partial charge is 0.132 e. The molecular formula is C13H14Cl2N4O. The van der Waals surface area contributed by atoms with Crippen molar-refractivity contribution in [3.8, 4) is 5.75 Å². The molecule has 0 radical (unpaired) electrons. The number of aromatic nitrogens is 2. The number of rotatable bonds is 4. The first kappa shape index (κ1) is 14.7. The van der Waals surface area contributed by atoms with E-state index in [1.807, 2.05) is 6.92 Å². The van der Waals surface area contributed by atoms with Crippen molar-refractivity contribution in [2.45, 2.75) is 13.5 Å². The minimum Gasteiger partial charge on any atom is -0.486 e. The van der Waals surface area contributed by atoms with Crippen molar-refractivity contribution in [3.63, 3.8) is 0 Å². The van der Waals surface area contributed by atoms with Crippen LogP contribution in [0.5, 0.6) is 5.75 Å². The average Bonchev–Trinajstić information content (AvgIpc) is 2.61. The summed E-state index contributed by atoms with van der Waals surface area (Å²) >= 11 is 12.1. The first-order chi connectivity index (χ1) is 9.40. The van der Waals surface area contributed by atoms with Crippen LogP contribution in [0.15, 0.2) is 18.2 Å². The number of halogens is 2. The molecule has 5 nitrogen and oxygen atoms in total. The van der Waals surface area contributed by atoms with Gasteiger partial charge >= 0.3 is 0 Å². The van der Waals surface area contributed by atoms with Crippen LogP contribution in [-0.2, 0) is 13.7 Å².